The fourth-order valence-electron chi connectivity index (χ4n) is 3.88. The minimum Gasteiger partial charge on any atom is -0.393 e. The predicted molar refractivity (Wildman–Crippen MR) is 81.0 cm³/mol. The summed E-state index contributed by atoms with van der Waals surface area (Å²) in [5.74, 6) is 0.279. The number of likely N-dealkylation sites (tertiary alicyclic amines) is 1. The van der Waals surface area contributed by atoms with E-state index in [1.54, 1.807) is 6.07 Å². The number of aromatic nitrogens is 1. The Morgan fingerprint density at radius 2 is 2.10 bits per heavy atom. The average Bonchev–Trinajstić information content (AvgIpc) is 2.92. The summed E-state index contributed by atoms with van der Waals surface area (Å²) in [6, 6.07) is 5.78. The fraction of sp³-hybridized carbons (Fsp3) is 0.647. The number of carbonyl (C=O) groups excluding carboxylic acids is 1. The summed E-state index contributed by atoms with van der Waals surface area (Å²) in [7, 11) is 0. The number of hydrogen-bond acceptors (Lipinski definition) is 3. The second-order valence-electron chi connectivity index (χ2n) is 6.39. The van der Waals surface area contributed by atoms with Crippen LogP contribution in [0.5, 0.6) is 0 Å². The van der Waals surface area contributed by atoms with Gasteiger partial charge in [-0.05, 0) is 51.2 Å². The molecule has 0 radical (unpaired) electrons. The van der Waals surface area contributed by atoms with Crippen LogP contribution in [0.4, 0.5) is 0 Å². The van der Waals surface area contributed by atoms with Crippen molar-refractivity contribution in [3.8, 4) is 0 Å². The summed E-state index contributed by atoms with van der Waals surface area (Å²) in [4.78, 5) is 19.2. The molecular formula is C17H24N2O2. The predicted octanol–water partition coefficient (Wildman–Crippen LogP) is 2.55. The van der Waals surface area contributed by atoms with Gasteiger partial charge in [-0.1, -0.05) is 12.5 Å². The zero-order valence-electron chi connectivity index (χ0n) is 12.7. The monoisotopic (exact) mass is 288 g/mol. The first-order chi connectivity index (χ1) is 10.2. The molecule has 1 saturated carbocycles. The molecule has 0 spiro atoms. The van der Waals surface area contributed by atoms with Gasteiger partial charge in [0, 0.05) is 24.2 Å². The first kappa shape index (κ1) is 14.5. The van der Waals surface area contributed by atoms with E-state index in [2.05, 4.69) is 4.98 Å². The third-order valence-electron chi connectivity index (χ3n) is 4.94. The molecule has 1 aromatic rings. The molecule has 0 aromatic carbocycles. The molecule has 0 bridgehead atoms. The lowest BCUT2D eigenvalue weighted by Crippen LogP contribution is -2.49. The second kappa shape index (κ2) is 6.14. The summed E-state index contributed by atoms with van der Waals surface area (Å²) >= 11 is 0. The van der Waals surface area contributed by atoms with E-state index in [0.29, 0.717) is 5.69 Å². The standard InChI is InChI=1S/C17H24N2O2/c1-12-6-4-8-14(18-12)17(21)19-11-3-2-9-15(19)13-7-5-10-16(13)20/h4,6,8,13,15-16,20H,2-3,5,7,9-11H2,1H3. The van der Waals surface area contributed by atoms with Gasteiger partial charge in [-0.2, -0.15) is 0 Å². The molecule has 1 aromatic heterocycles. The van der Waals surface area contributed by atoms with Crippen LogP contribution in [0.25, 0.3) is 0 Å². The number of aryl methyl sites for hydroxylation is 1. The molecule has 1 amide bonds. The SMILES string of the molecule is Cc1cccc(C(=O)N2CCCCC2C2CCCC2O)n1. The van der Waals surface area contributed by atoms with Crippen LogP contribution in [-0.4, -0.2) is 39.6 Å². The highest BCUT2D eigenvalue weighted by atomic mass is 16.3. The number of amides is 1. The third kappa shape index (κ3) is 2.95. The van der Waals surface area contributed by atoms with E-state index < -0.39 is 0 Å². The van der Waals surface area contributed by atoms with Gasteiger partial charge in [0.25, 0.3) is 5.91 Å². The minimum absolute atomic E-state index is 0.0301. The number of pyridine rings is 1. The van der Waals surface area contributed by atoms with Gasteiger partial charge in [-0.15, -0.1) is 0 Å². The number of hydrogen-bond donors (Lipinski definition) is 1. The quantitative estimate of drug-likeness (QED) is 0.910. The van der Waals surface area contributed by atoms with Crippen molar-refractivity contribution in [3.63, 3.8) is 0 Å². The van der Waals surface area contributed by atoms with Crippen molar-refractivity contribution in [2.75, 3.05) is 6.54 Å². The molecule has 3 rings (SSSR count). The van der Waals surface area contributed by atoms with Gasteiger partial charge in [0.1, 0.15) is 5.69 Å². The number of carbonyl (C=O) groups is 1. The largest absolute Gasteiger partial charge is 0.393 e. The lowest BCUT2D eigenvalue weighted by molar-refractivity contribution is 0.0283. The van der Waals surface area contributed by atoms with Gasteiger partial charge in [0.2, 0.25) is 0 Å². The normalized spacial score (nSPS) is 29.6. The molecule has 2 fully saturated rings. The Balaban J connectivity index is 1.82. The van der Waals surface area contributed by atoms with Crippen LogP contribution in [0.15, 0.2) is 18.2 Å². The second-order valence-corrected chi connectivity index (χ2v) is 6.39. The highest BCUT2D eigenvalue weighted by Crippen LogP contribution is 2.35. The van der Waals surface area contributed by atoms with Crippen molar-refractivity contribution in [3.05, 3.63) is 29.6 Å². The van der Waals surface area contributed by atoms with Gasteiger partial charge in [-0.3, -0.25) is 4.79 Å². The highest BCUT2D eigenvalue weighted by molar-refractivity contribution is 5.92. The van der Waals surface area contributed by atoms with Crippen molar-refractivity contribution >= 4 is 5.91 Å². The molecule has 21 heavy (non-hydrogen) atoms. The number of rotatable bonds is 2. The number of aliphatic hydroxyl groups excluding tert-OH is 1. The Morgan fingerprint density at radius 1 is 1.24 bits per heavy atom. The molecule has 2 aliphatic rings. The van der Waals surface area contributed by atoms with E-state index in [4.69, 9.17) is 0 Å². The van der Waals surface area contributed by atoms with Crippen LogP contribution in [0, 0.1) is 12.8 Å². The summed E-state index contributed by atoms with van der Waals surface area (Å²) in [6.07, 6.45) is 5.97. The Bertz CT molecular complexity index is 517. The molecule has 114 valence electrons. The van der Waals surface area contributed by atoms with Crippen LogP contribution < -0.4 is 0 Å². The zero-order valence-corrected chi connectivity index (χ0v) is 12.7. The van der Waals surface area contributed by atoms with Crippen LogP contribution in [0.3, 0.4) is 0 Å². The molecule has 4 heteroatoms. The van der Waals surface area contributed by atoms with Gasteiger partial charge < -0.3 is 10.0 Å². The lowest BCUT2D eigenvalue weighted by Gasteiger charge is -2.40. The van der Waals surface area contributed by atoms with Crippen LogP contribution in [-0.2, 0) is 0 Å². The van der Waals surface area contributed by atoms with Gasteiger partial charge in [-0.25, -0.2) is 4.98 Å². The Kier molecular flexibility index (Phi) is 4.24. The maximum Gasteiger partial charge on any atom is 0.272 e. The number of nitrogens with zero attached hydrogens (tertiary/aromatic N) is 2. The van der Waals surface area contributed by atoms with Gasteiger partial charge in [0.05, 0.1) is 6.10 Å². The van der Waals surface area contributed by atoms with Crippen molar-refractivity contribution in [2.24, 2.45) is 5.92 Å². The third-order valence-corrected chi connectivity index (χ3v) is 4.94. The van der Waals surface area contributed by atoms with E-state index in [1.165, 1.54) is 0 Å². The number of aliphatic hydroxyl groups is 1. The summed E-state index contributed by atoms with van der Waals surface area (Å²) in [6.45, 7) is 2.70. The maximum atomic E-state index is 12.8. The molecule has 1 aliphatic carbocycles. The molecule has 3 atom stereocenters. The lowest BCUT2D eigenvalue weighted by atomic mass is 9.87. The van der Waals surface area contributed by atoms with Crippen LogP contribution in [0.1, 0.15) is 54.7 Å². The zero-order chi connectivity index (χ0) is 14.8. The van der Waals surface area contributed by atoms with E-state index in [0.717, 1.165) is 50.8 Å². The topological polar surface area (TPSA) is 53.4 Å². The number of piperidine rings is 1. The van der Waals surface area contributed by atoms with E-state index in [1.807, 2.05) is 24.0 Å². The maximum absolute atomic E-state index is 12.8. The first-order valence-corrected chi connectivity index (χ1v) is 8.09. The Hall–Kier alpha value is -1.42. The average molecular weight is 288 g/mol. The van der Waals surface area contributed by atoms with Crippen LogP contribution >= 0.6 is 0 Å². The molecule has 1 saturated heterocycles. The summed E-state index contributed by atoms with van der Waals surface area (Å²) < 4.78 is 0. The van der Waals surface area contributed by atoms with E-state index >= 15 is 0 Å². The van der Waals surface area contributed by atoms with Gasteiger partial charge in [0.15, 0.2) is 0 Å². The molecule has 1 N–H and O–H groups in total. The molecule has 1 aliphatic heterocycles. The highest BCUT2D eigenvalue weighted by Gasteiger charge is 2.39. The van der Waals surface area contributed by atoms with Gasteiger partial charge >= 0.3 is 0 Å². The van der Waals surface area contributed by atoms with Crippen molar-refractivity contribution in [1.82, 2.24) is 9.88 Å². The van der Waals surface area contributed by atoms with Crippen molar-refractivity contribution < 1.29 is 9.90 Å². The smallest absolute Gasteiger partial charge is 0.272 e. The summed E-state index contributed by atoms with van der Waals surface area (Å²) in [5.41, 5.74) is 1.41. The van der Waals surface area contributed by atoms with Crippen molar-refractivity contribution in [2.45, 2.75) is 57.6 Å². The van der Waals surface area contributed by atoms with Crippen LogP contribution in [0.2, 0.25) is 0 Å². The minimum atomic E-state index is -0.242. The molecular weight excluding hydrogens is 264 g/mol. The molecule has 3 unspecified atom stereocenters. The Morgan fingerprint density at radius 3 is 2.81 bits per heavy atom. The molecule has 2 heterocycles. The molecule has 4 nitrogen and oxygen atoms in total. The Labute approximate surface area is 126 Å². The van der Waals surface area contributed by atoms with E-state index in [9.17, 15) is 9.90 Å². The first-order valence-electron chi connectivity index (χ1n) is 8.09. The summed E-state index contributed by atoms with van der Waals surface area (Å²) in [5, 5.41) is 10.2. The fourth-order valence-corrected chi connectivity index (χ4v) is 3.88. The van der Waals surface area contributed by atoms with Crippen molar-refractivity contribution in [1.29, 1.82) is 0 Å². The van der Waals surface area contributed by atoms with E-state index in [-0.39, 0.29) is 24.0 Å².